The summed E-state index contributed by atoms with van der Waals surface area (Å²) in [6.07, 6.45) is 0. The molecule has 0 aliphatic carbocycles. The predicted octanol–water partition coefficient (Wildman–Crippen LogP) is 3.80. The number of primary amides is 1. The molecule has 0 unspecified atom stereocenters. The summed E-state index contributed by atoms with van der Waals surface area (Å²) in [5.41, 5.74) is 4.63. The Morgan fingerprint density at radius 1 is 1.00 bits per heavy atom. The highest BCUT2D eigenvalue weighted by molar-refractivity contribution is 5.92. The van der Waals surface area contributed by atoms with E-state index >= 15 is 0 Å². The number of fused-ring (bicyclic) bond motifs is 2. The molecule has 0 atom stereocenters. The zero-order chi connectivity index (χ0) is 20.1. The molecule has 0 bridgehead atoms. The number of hydrogen-bond acceptors (Lipinski definition) is 3. The Morgan fingerprint density at radius 3 is 2.04 bits per heavy atom. The quantitative estimate of drug-likeness (QED) is 0.586. The van der Waals surface area contributed by atoms with Crippen molar-refractivity contribution in [2.75, 3.05) is 0 Å². The lowest BCUT2D eigenvalue weighted by Crippen LogP contribution is -2.37. The van der Waals surface area contributed by atoms with Gasteiger partial charge in [0.2, 0.25) is 0 Å². The smallest absolute Gasteiger partial charge is 0.285 e. The molecule has 1 aromatic heterocycles. The lowest BCUT2D eigenvalue weighted by atomic mass is 9.93. The fourth-order valence-corrected chi connectivity index (χ4v) is 3.52. The van der Waals surface area contributed by atoms with Gasteiger partial charge in [0.1, 0.15) is 17.1 Å². The lowest BCUT2D eigenvalue weighted by molar-refractivity contribution is 0.00729. The van der Waals surface area contributed by atoms with E-state index in [1.54, 1.807) is 48.5 Å². The molecule has 0 saturated heterocycles. The Balaban J connectivity index is 2.11. The molecule has 7 heteroatoms. The Morgan fingerprint density at radius 2 is 1.54 bits per heavy atom. The Hall–Kier alpha value is -3.48. The van der Waals surface area contributed by atoms with E-state index in [0.29, 0.717) is 29.5 Å². The first kappa shape index (κ1) is 17.9. The van der Waals surface area contributed by atoms with Gasteiger partial charge in [0.15, 0.2) is 0 Å². The first-order valence-corrected chi connectivity index (χ1v) is 8.58. The molecule has 1 amide bonds. The number of carbonyl (C=O) groups excluding carboxylic acids is 1. The van der Waals surface area contributed by atoms with Gasteiger partial charge in [-0.25, -0.2) is 8.78 Å². The van der Waals surface area contributed by atoms with Gasteiger partial charge in [0.05, 0.1) is 11.7 Å². The van der Waals surface area contributed by atoms with E-state index in [1.165, 1.54) is 0 Å². The third kappa shape index (κ3) is 2.76. The number of pyridine rings is 1. The van der Waals surface area contributed by atoms with Crippen LogP contribution in [0, 0.1) is 0 Å². The number of ether oxygens (including phenoxy) is 1. The highest BCUT2D eigenvalue weighted by Crippen LogP contribution is 2.45. The molecule has 4 rings (SSSR count). The molecule has 1 aliphatic rings. The van der Waals surface area contributed by atoms with Crippen LogP contribution in [0.1, 0.15) is 40.1 Å². The number of carbonyl (C=O) groups is 1. The van der Waals surface area contributed by atoms with E-state index in [2.05, 4.69) is 0 Å². The van der Waals surface area contributed by atoms with Crippen molar-refractivity contribution in [3.8, 4) is 11.5 Å². The molecule has 2 aromatic carbocycles. The molecule has 0 fully saturated rings. The minimum Gasteiger partial charge on any atom is -0.457 e. The fraction of sp³-hybridized carbons (Fsp3) is 0.143. The van der Waals surface area contributed by atoms with Crippen molar-refractivity contribution in [1.29, 1.82) is 0 Å². The third-order valence-electron chi connectivity index (χ3n) is 4.74. The number of halogens is 2. The zero-order valence-electron chi connectivity index (χ0n) is 14.9. The van der Waals surface area contributed by atoms with Crippen molar-refractivity contribution in [2.45, 2.75) is 18.9 Å². The van der Waals surface area contributed by atoms with Gasteiger partial charge in [0, 0.05) is 18.1 Å². The summed E-state index contributed by atoms with van der Waals surface area (Å²) < 4.78 is 35.7. The summed E-state index contributed by atoms with van der Waals surface area (Å²) in [6, 6.07) is 15.0. The third-order valence-corrected chi connectivity index (χ3v) is 4.74. The first-order chi connectivity index (χ1) is 13.3. The number of alkyl halides is 2. The van der Waals surface area contributed by atoms with E-state index in [-0.39, 0.29) is 5.56 Å². The molecule has 0 spiro atoms. The predicted molar refractivity (Wildman–Crippen MR) is 99.0 cm³/mol. The molecule has 0 saturated carbocycles. The number of para-hydroxylation sites is 2. The van der Waals surface area contributed by atoms with Gasteiger partial charge in [-0.15, -0.1) is 0 Å². The normalized spacial score (nSPS) is 13.4. The SMILES string of the molecule is CC(F)(F)c1ccc(C(N)=O)c(=O)n1C1c2ccccc2Oc2ccccc21. The minimum atomic E-state index is -3.32. The number of aromatic nitrogens is 1. The van der Waals surface area contributed by atoms with Crippen LogP contribution in [-0.4, -0.2) is 10.5 Å². The molecule has 142 valence electrons. The van der Waals surface area contributed by atoms with Gasteiger partial charge in [-0.05, 0) is 24.3 Å². The van der Waals surface area contributed by atoms with Crippen LogP contribution in [-0.2, 0) is 5.92 Å². The number of hydrogen-bond donors (Lipinski definition) is 1. The van der Waals surface area contributed by atoms with Crippen molar-refractivity contribution in [3.05, 3.63) is 93.4 Å². The second-order valence-electron chi connectivity index (χ2n) is 6.64. The summed E-state index contributed by atoms with van der Waals surface area (Å²) in [5.74, 6) is -3.39. The average molecular weight is 382 g/mol. The van der Waals surface area contributed by atoms with Crippen LogP contribution in [0.5, 0.6) is 11.5 Å². The maximum Gasteiger partial charge on any atom is 0.285 e. The van der Waals surface area contributed by atoms with Crippen LogP contribution in [0.3, 0.4) is 0 Å². The van der Waals surface area contributed by atoms with Crippen LogP contribution in [0.25, 0.3) is 0 Å². The standard InChI is InChI=1S/C21H16F2N2O3/c1-21(22,23)17-11-10-14(19(24)26)20(27)25(17)18-12-6-2-4-8-15(12)28-16-9-5-3-7-13(16)18/h2-11,18H,1H3,(H2,24,26). The summed E-state index contributed by atoms with van der Waals surface area (Å²) in [7, 11) is 0. The summed E-state index contributed by atoms with van der Waals surface area (Å²) in [4.78, 5) is 24.8. The fourth-order valence-electron chi connectivity index (χ4n) is 3.52. The largest absolute Gasteiger partial charge is 0.457 e. The van der Waals surface area contributed by atoms with Crippen LogP contribution in [0.15, 0.2) is 65.5 Å². The van der Waals surface area contributed by atoms with E-state index in [4.69, 9.17) is 10.5 Å². The number of amides is 1. The van der Waals surface area contributed by atoms with Crippen molar-refractivity contribution in [1.82, 2.24) is 4.57 Å². The lowest BCUT2D eigenvalue weighted by Gasteiger charge is -2.32. The van der Waals surface area contributed by atoms with Crippen molar-refractivity contribution in [2.24, 2.45) is 5.73 Å². The summed E-state index contributed by atoms with van der Waals surface area (Å²) >= 11 is 0. The topological polar surface area (TPSA) is 74.3 Å². The molecule has 5 nitrogen and oxygen atoms in total. The van der Waals surface area contributed by atoms with Crippen molar-refractivity contribution < 1.29 is 18.3 Å². The van der Waals surface area contributed by atoms with Gasteiger partial charge in [-0.1, -0.05) is 36.4 Å². The molecular formula is C21H16F2N2O3. The van der Waals surface area contributed by atoms with Crippen molar-refractivity contribution in [3.63, 3.8) is 0 Å². The number of nitrogens with two attached hydrogens (primary N) is 1. The molecular weight excluding hydrogens is 366 g/mol. The molecule has 2 N–H and O–H groups in total. The van der Waals surface area contributed by atoms with Crippen LogP contribution < -0.4 is 16.0 Å². The van der Waals surface area contributed by atoms with E-state index in [0.717, 1.165) is 16.7 Å². The Kier molecular flexibility index (Phi) is 4.03. The number of nitrogens with zero attached hydrogens (tertiary/aromatic N) is 1. The highest BCUT2D eigenvalue weighted by Gasteiger charge is 2.36. The van der Waals surface area contributed by atoms with E-state index in [1.807, 2.05) is 0 Å². The minimum absolute atomic E-state index is 0.352. The summed E-state index contributed by atoms with van der Waals surface area (Å²) in [5, 5.41) is 0. The van der Waals surface area contributed by atoms with E-state index in [9.17, 15) is 18.4 Å². The maximum atomic E-state index is 14.4. The molecule has 1 aliphatic heterocycles. The second-order valence-corrected chi connectivity index (χ2v) is 6.64. The monoisotopic (exact) mass is 382 g/mol. The van der Waals surface area contributed by atoms with E-state index < -0.39 is 29.1 Å². The van der Waals surface area contributed by atoms with Gasteiger partial charge in [0.25, 0.3) is 17.4 Å². The van der Waals surface area contributed by atoms with Crippen LogP contribution in [0.4, 0.5) is 8.78 Å². The number of benzene rings is 2. The molecule has 2 heterocycles. The maximum absolute atomic E-state index is 14.4. The van der Waals surface area contributed by atoms with Crippen LogP contribution >= 0.6 is 0 Å². The van der Waals surface area contributed by atoms with Gasteiger partial charge in [-0.2, -0.15) is 0 Å². The Labute approximate surface area is 159 Å². The first-order valence-electron chi connectivity index (χ1n) is 8.58. The van der Waals surface area contributed by atoms with Crippen LogP contribution in [0.2, 0.25) is 0 Å². The van der Waals surface area contributed by atoms with Gasteiger partial charge < -0.3 is 10.5 Å². The molecule has 28 heavy (non-hydrogen) atoms. The molecule has 3 aromatic rings. The van der Waals surface area contributed by atoms with Gasteiger partial charge in [-0.3, -0.25) is 14.2 Å². The summed E-state index contributed by atoms with van der Waals surface area (Å²) in [6.45, 7) is 0.708. The Bertz CT molecular complexity index is 1100. The van der Waals surface area contributed by atoms with Gasteiger partial charge >= 0.3 is 0 Å². The molecule has 0 radical (unpaired) electrons. The average Bonchev–Trinajstić information content (AvgIpc) is 2.65. The second kappa shape index (κ2) is 6.30. The zero-order valence-corrected chi connectivity index (χ0v) is 14.9. The van der Waals surface area contributed by atoms with Crippen molar-refractivity contribution >= 4 is 5.91 Å². The number of rotatable bonds is 3. The highest BCUT2D eigenvalue weighted by atomic mass is 19.3.